The molecular formula is C33H24N4O2S2. The van der Waals surface area contributed by atoms with Crippen LogP contribution in [-0.2, 0) is 13.1 Å². The Labute approximate surface area is 244 Å². The van der Waals surface area contributed by atoms with E-state index in [1.165, 1.54) is 34.2 Å². The second-order valence-electron chi connectivity index (χ2n) is 10.5. The Balaban J connectivity index is 0.902. The summed E-state index contributed by atoms with van der Waals surface area (Å²) >= 11 is 2.96. The lowest BCUT2D eigenvalue weighted by atomic mass is 9.87. The monoisotopic (exact) mass is 572 g/mol. The zero-order valence-corrected chi connectivity index (χ0v) is 23.6. The third-order valence-electron chi connectivity index (χ3n) is 8.09. The highest BCUT2D eigenvalue weighted by Gasteiger charge is 2.29. The first-order valence-electron chi connectivity index (χ1n) is 13.7. The minimum Gasteiger partial charge on any atom is -0.313 e. The van der Waals surface area contributed by atoms with E-state index in [0.29, 0.717) is 0 Å². The van der Waals surface area contributed by atoms with Crippen LogP contribution in [0, 0.1) is 0 Å². The van der Waals surface area contributed by atoms with Gasteiger partial charge in [0, 0.05) is 57.2 Å². The molecule has 6 nitrogen and oxygen atoms in total. The number of nitrogens with zero attached hydrogens (tertiary/aromatic N) is 2. The van der Waals surface area contributed by atoms with E-state index in [0.717, 1.165) is 97.5 Å². The van der Waals surface area contributed by atoms with Crippen molar-refractivity contribution in [2.75, 3.05) is 13.1 Å². The largest absolute Gasteiger partial charge is 0.313 e. The summed E-state index contributed by atoms with van der Waals surface area (Å²) in [4.78, 5) is 26.2. The normalized spacial score (nSPS) is 13.2. The predicted molar refractivity (Wildman–Crippen MR) is 165 cm³/mol. The van der Waals surface area contributed by atoms with Crippen LogP contribution in [0.1, 0.15) is 49.4 Å². The summed E-state index contributed by atoms with van der Waals surface area (Å²) in [5.41, 5.74) is 9.05. The van der Waals surface area contributed by atoms with E-state index >= 15 is 0 Å². The molecule has 6 aromatic rings. The van der Waals surface area contributed by atoms with Gasteiger partial charge < -0.3 is 10.6 Å². The molecule has 2 heterocycles. The van der Waals surface area contributed by atoms with Crippen molar-refractivity contribution in [2.24, 2.45) is 0 Å². The smallest absolute Gasteiger partial charge is 0.194 e. The van der Waals surface area contributed by atoms with Crippen molar-refractivity contribution in [3.8, 4) is 22.5 Å². The molecule has 0 aliphatic heterocycles. The molecule has 0 saturated carbocycles. The summed E-state index contributed by atoms with van der Waals surface area (Å²) < 4.78 is 11.7. The van der Waals surface area contributed by atoms with Gasteiger partial charge in [-0.25, -0.2) is 0 Å². The molecule has 0 radical (unpaired) electrons. The molecule has 4 aromatic carbocycles. The van der Waals surface area contributed by atoms with Gasteiger partial charge in [0.15, 0.2) is 11.6 Å². The Morgan fingerprint density at radius 3 is 1.44 bits per heavy atom. The molecule has 2 N–H and O–H groups in total. The average molecular weight is 573 g/mol. The van der Waals surface area contributed by atoms with E-state index in [2.05, 4.69) is 22.8 Å². The van der Waals surface area contributed by atoms with E-state index in [1.807, 2.05) is 60.7 Å². The Morgan fingerprint density at radius 2 is 0.976 bits per heavy atom. The van der Waals surface area contributed by atoms with Gasteiger partial charge in [-0.05, 0) is 65.8 Å². The molecule has 0 atom stereocenters. The molecule has 0 amide bonds. The fourth-order valence-corrected chi connectivity index (χ4v) is 7.93. The first-order chi connectivity index (χ1) is 20.2. The zero-order chi connectivity index (χ0) is 27.5. The topological polar surface area (TPSA) is 84.0 Å². The number of nitrogens with one attached hydrogen (secondary N) is 2. The second-order valence-corrected chi connectivity index (χ2v) is 12.0. The van der Waals surface area contributed by atoms with Crippen LogP contribution in [0.2, 0.25) is 0 Å². The zero-order valence-electron chi connectivity index (χ0n) is 22.0. The van der Waals surface area contributed by atoms with Crippen LogP contribution >= 0.6 is 23.1 Å². The van der Waals surface area contributed by atoms with Crippen LogP contribution in [-0.4, -0.2) is 33.4 Å². The van der Waals surface area contributed by atoms with Crippen LogP contribution in [0.3, 0.4) is 0 Å². The lowest BCUT2D eigenvalue weighted by molar-refractivity contribution is 0.103. The Morgan fingerprint density at radius 1 is 0.537 bits per heavy atom. The van der Waals surface area contributed by atoms with Crippen molar-refractivity contribution >= 4 is 54.8 Å². The predicted octanol–water partition coefficient (Wildman–Crippen LogP) is 6.60. The number of carbonyl (C=O) groups is 2. The Hall–Kier alpha value is -4.08. The number of carbonyl (C=O) groups excluding carboxylic acids is 2. The van der Waals surface area contributed by atoms with Crippen molar-refractivity contribution in [3.63, 3.8) is 0 Å². The van der Waals surface area contributed by atoms with E-state index in [-0.39, 0.29) is 11.6 Å². The first-order valence-corrected chi connectivity index (χ1v) is 15.3. The lowest BCUT2D eigenvalue weighted by Gasteiger charge is -2.16. The van der Waals surface area contributed by atoms with Gasteiger partial charge in [0.05, 0.1) is 20.8 Å². The van der Waals surface area contributed by atoms with Crippen molar-refractivity contribution in [2.45, 2.75) is 19.5 Å². The molecule has 2 aromatic heterocycles. The summed E-state index contributed by atoms with van der Waals surface area (Å²) in [6.07, 6.45) is 0.974. The van der Waals surface area contributed by atoms with Crippen LogP contribution in [0.4, 0.5) is 0 Å². The highest BCUT2D eigenvalue weighted by Crippen LogP contribution is 2.43. The maximum absolute atomic E-state index is 13.1. The summed E-state index contributed by atoms with van der Waals surface area (Å²) in [5.74, 6) is 0.165. The standard InChI is InChI=1S/C33H24N4O2S2/c38-30-22-8-3-1-6-20(22)28-26-24(30)12-10-18(32(26)40-36-28)16-34-14-5-15-35-17-19-11-13-25-27-29(37-41-33(19)27)21-7-2-4-9-23(21)31(25)39/h1-4,6-13,34-35H,5,14-17H2. The number of fused-ring (bicyclic) bond motifs is 4. The van der Waals surface area contributed by atoms with Crippen LogP contribution < -0.4 is 10.6 Å². The van der Waals surface area contributed by atoms with Crippen molar-refractivity contribution in [1.29, 1.82) is 0 Å². The van der Waals surface area contributed by atoms with Crippen LogP contribution in [0.25, 0.3) is 42.7 Å². The Bertz CT molecular complexity index is 1900. The van der Waals surface area contributed by atoms with Gasteiger partial charge in [0.25, 0.3) is 0 Å². The Kier molecular flexibility index (Phi) is 5.89. The molecule has 8 rings (SSSR count). The lowest BCUT2D eigenvalue weighted by Crippen LogP contribution is -2.22. The number of benzene rings is 4. The third kappa shape index (κ3) is 3.83. The average Bonchev–Trinajstić information content (AvgIpc) is 3.66. The van der Waals surface area contributed by atoms with Gasteiger partial charge in [-0.15, -0.1) is 0 Å². The SMILES string of the molecule is O=C1c2ccccc2-c2nsc3c(CNCCCNCc4ccc5c6c(nsc46)-c4ccccc4C5=O)ccc1c23. The summed E-state index contributed by atoms with van der Waals surface area (Å²) in [7, 11) is 0. The van der Waals surface area contributed by atoms with Gasteiger partial charge in [-0.1, -0.05) is 60.7 Å². The van der Waals surface area contributed by atoms with E-state index in [1.54, 1.807) is 0 Å². The molecule has 8 heteroatoms. The molecule has 0 fully saturated rings. The number of hydrogen-bond acceptors (Lipinski definition) is 8. The second kappa shape index (κ2) is 9.78. The molecule has 41 heavy (non-hydrogen) atoms. The first kappa shape index (κ1) is 24.7. The molecule has 0 bridgehead atoms. The van der Waals surface area contributed by atoms with E-state index < -0.39 is 0 Å². The summed E-state index contributed by atoms with van der Waals surface area (Å²) in [6.45, 7) is 3.20. The fraction of sp³-hybridized carbons (Fsp3) is 0.152. The van der Waals surface area contributed by atoms with Gasteiger partial charge >= 0.3 is 0 Å². The molecular weight excluding hydrogens is 549 g/mol. The molecule has 200 valence electrons. The summed E-state index contributed by atoms with van der Waals surface area (Å²) in [6, 6.07) is 23.5. The molecule has 0 saturated heterocycles. The maximum Gasteiger partial charge on any atom is 0.194 e. The van der Waals surface area contributed by atoms with Gasteiger partial charge in [-0.2, -0.15) is 8.75 Å². The van der Waals surface area contributed by atoms with Crippen LogP contribution in [0.5, 0.6) is 0 Å². The minimum absolute atomic E-state index is 0.0823. The van der Waals surface area contributed by atoms with Crippen LogP contribution in [0.15, 0.2) is 72.8 Å². The fourth-order valence-electron chi connectivity index (χ4n) is 6.08. The summed E-state index contributed by atoms with van der Waals surface area (Å²) in [5, 5.41) is 9.12. The quantitative estimate of drug-likeness (QED) is 0.200. The minimum atomic E-state index is 0.0823. The molecule has 0 unspecified atom stereocenters. The van der Waals surface area contributed by atoms with Gasteiger partial charge in [-0.3, -0.25) is 9.59 Å². The number of hydrogen-bond donors (Lipinski definition) is 2. The van der Waals surface area contributed by atoms with Gasteiger partial charge in [0.2, 0.25) is 0 Å². The molecule has 2 aliphatic carbocycles. The van der Waals surface area contributed by atoms with E-state index in [9.17, 15) is 9.59 Å². The van der Waals surface area contributed by atoms with E-state index in [4.69, 9.17) is 8.75 Å². The highest BCUT2D eigenvalue weighted by atomic mass is 32.1. The third-order valence-corrected chi connectivity index (χ3v) is 9.93. The van der Waals surface area contributed by atoms with Gasteiger partial charge in [0.1, 0.15) is 0 Å². The number of aromatic nitrogens is 2. The van der Waals surface area contributed by atoms with Crippen molar-refractivity contribution < 1.29 is 9.59 Å². The molecule has 0 spiro atoms. The molecule has 2 aliphatic rings. The highest BCUT2D eigenvalue weighted by molar-refractivity contribution is 7.14. The number of rotatable bonds is 8. The van der Waals surface area contributed by atoms with Crippen molar-refractivity contribution in [3.05, 3.63) is 106 Å². The maximum atomic E-state index is 13.1. The number of ketones is 2. The van der Waals surface area contributed by atoms with Crippen molar-refractivity contribution in [1.82, 2.24) is 19.4 Å².